The van der Waals surface area contributed by atoms with Crippen LogP contribution < -0.4 is 20.7 Å². The number of carbonyl (C=O) groups is 2. The molecule has 0 unspecified atom stereocenters. The van der Waals surface area contributed by atoms with Crippen molar-refractivity contribution in [2.24, 2.45) is 0 Å². The van der Waals surface area contributed by atoms with E-state index in [4.69, 9.17) is 14.2 Å². The van der Waals surface area contributed by atoms with E-state index in [1.54, 1.807) is 11.3 Å². The van der Waals surface area contributed by atoms with E-state index in [-0.39, 0.29) is 18.1 Å². The van der Waals surface area contributed by atoms with Crippen LogP contribution in [0.1, 0.15) is 29.0 Å². The first-order valence-corrected chi connectivity index (χ1v) is 16.6. The third-order valence-electron chi connectivity index (χ3n) is 8.27. The molecule has 9 nitrogen and oxygen atoms in total. The molecule has 3 atom stereocenters. The molecule has 2 heterocycles. The molecule has 0 saturated carbocycles. The van der Waals surface area contributed by atoms with Crippen LogP contribution in [0, 0.1) is 0 Å². The van der Waals surface area contributed by atoms with Crippen LogP contribution in [0.15, 0.2) is 109 Å². The van der Waals surface area contributed by atoms with Gasteiger partial charge in [-0.25, -0.2) is 9.78 Å². The SMILES string of the molecule is COC(=O)N[C@H](C(=O)Nc1ccccc1CC[C@@H]1CNC[C@@H](COc2ccc3ncsc3c2)O1)C(c1ccccc1)c1ccccc1. The number of hydrogen-bond donors (Lipinski definition) is 3. The molecule has 1 saturated heterocycles. The Morgan fingerprint density at radius 2 is 1.64 bits per heavy atom. The summed E-state index contributed by atoms with van der Waals surface area (Å²) in [5.41, 5.74) is 6.27. The summed E-state index contributed by atoms with van der Waals surface area (Å²) in [5.74, 6) is 0.0113. The summed E-state index contributed by atoms with van der Waals surface area (Å²) < 4.78 is 18.5. The monoisotopic (exact) mass is 650 g/mol. The Balaban J connectivity index is 1.12. The van der Waals surface area contributed by atoms with E-state index in [1.807, 2.05) is 109 Å². The molecule has 4 aromatic carbocycles. The fourth-order valence-corrected chi connectivity index (χ4v) is 6.63. The van der Waals surface area contributed by atoms with Gasteiger partial charge in [0.05, 0.1) is 28.9 Å². The van der Waals surface area contributed by atoms with Gasteiger partial charge in [0.15, 0.2) is 0 Å². The minimum absolute atomic E-state index is 0.0145. The van der Waals surface area contributed by atoms with Crippen molar-refractivity contribution in [1.29, 1.82) is 0 Å². The first-order chi connectivity index (χ1) is 23.1. The number of rotatable bonds is 12. The van der Waals surface area contributed by atoms with Crippen molar-refractivity contribution in [1.82, 2.24) is 15.6 Å². The summed E-state index contributed by atoms with van der Waals surface area (Å²) in [6.45, 7) is 1.89. The summed E-state index contributed by atoms with van der Waals surface area (Å²) in [4.78, 5) is 30.9. The highest BCUT2D eigenvalue weighted by Gasteiger charge is 2.33. The van der Waals surface area contributed by atoms with Crippen LogP contribution in [0.4, 0.5) is 10.5 Å². The maximum atomic E-state index is 14.1. The van der Waals surface area contributed by atoms with E-state index in [0.717, 1.165) is 45.6 Å². The predicted octanol–water partition coefficient (Wildman–Crippen LogP) is 6.16. The fourth-order valence-electron chi connectivity index (χ4n) is 5.93. The number of nitrogens with zero attached hydrogens (tertiary/aromatic N) is 1. The van der Waals surface area contributed by atoms with Crippen molar-refractivity contribution < 1.29 is 23.8 Å². The average Bonchev–Trinajstić information content (AvgIpc) is 3.59. The van der Waals surface area contributed by atoms with Crippen molar-refractivity contribution in [2.45, 2.75) is 37.0 Å². The Morgan fingerprint density at radius 1 is 0.936 bits per heavy atom. The highest BCUT2D eigenvalue weighted by molar-refractivity contribution is 7.16. The third-order valence-corrected chi connectivity index (χ3v) is 9.06. The molecule has 1 aliphatic heterocycles. The Morgan fingerprint density at radius 3 is 2.38 bits per heavy atom. The second-order valence-electron chi connectivity index (χ2n) is 11.4. The number of anilines is 1. The van der Waals surface area contributed by atoms with Gasteiger partial charge in [0.1, 0.15) is 24.5 Å². The van der Waals surface area contributed by atoms with Gasteiger partial charge in [0, 0.05) is 24.7 Å². The zero-order chi connectivity index (χ0) is 32.4. The molecule has 242 valence electrons. The number of aryl methyl sites for hydroxylation is 1. The van der Waals surface area contributed by atoms with E-state index in [2.05, 4.69) is 20.9 Å². The molecular weight excluding hydrogens is 612 g/mol. The zero-order valence-electron chi connectivity index (χ0n) is 26.1. The standard InChI is InChI=1S/C37H38N4O5S/c1-44-37(43)41-35(34(26-11-4-2-5-12-26)27-13-6-3-7-14-27)36(42)40-31-15-9-8-10-25(31)16-17-29-21-38-22-30(46-29)23-45-28-18-19-32-33(20-28)47-24-39-32/h2-15,18-20,24,29-30,34-35,38H,16-17,21-23H2,1H3,(H,40,42)(H,41,43)/t29-,30+,35+/m1/s1. The Kier molecular flexibility index (Phi) is 10.7. The minimum atomic E-state index is -0.941. The largest absolute Gasteiger partial charge is 0.491 e. The van der Waals surface area contributed by atoms with Crippen molar-refractivity contribution in [3.05, 3.63) is 125 Å². The molecule has 0 bridgehead atoms. The number of amides is 2. The molecule has 2 amide bonds. The van der Waals surface area contributed by atoms with Crippen molar-refractivity contribution >= 4 is 39.2 Å². The van der Waals surface area contributed by atoms with Crippen molar-refractivity contribution in [2.75, 3.05) is 32.1 Å². The van der Waals surface area contributed by atoms with Crippen LogP contribution >= 0.6 is 11.3 Å². The highest BCUT2D eigenvalue weighted by atomic mass is 32.1. The van der Waals surface area contributed by atoms with Gasteiger partial charge in [-0.1, -0.05) is 78.9 Å². The molecule has 3 N–H and O–H groups in total. The van der Waals surface area contributed by atoms with E-state index in [0.29, 0.717) is 25.3 Å². The normalized spacial score (nSPS) is 16.8. The van der Waals surface area contributed by atoms with Gasteiger partial charge in [0.25, 0.3) is 0 Å². The topological polar surface area (TPSA) is 111 Å². The van der Waals surface area contributed by atoms with Gasteiger partial charge >= 0.3 is 6.09 Å². The van der Waals surface area contributed by atoms with Crippen LogP contribution in [-0.4, -0.2) is 62.0 Å². The van der Waals surface area contributed by atoms with Gasteiger partial charge in [-0.2, -0.15) is 0 Å². The van der Waals surface area contributed by atoms with E-state index < -0.39 is 18.1 Å². The molecule has 10 heteroatoms. The first kappa shape index (κ1) is 32.2. The first-order valence-electron chi connectivity index (χ1n) is 15.7. The molecule has 0 aliphatic carbocycles. The van der Waals surface area contributed by atoms with Crippen molar-refractivity contribution in [3.63, 3.8) is 0 Å². The summed E-state index contributed by atoms with van der Waals surface area (Å²) in [7, 11) is 1.29. The van der Waals surface area contributed by atoms with Crippen molar-refractivity contribution in [3.8, 4) is 5.75 Å². The average molecular weight is 651 g/mol. The minimum Gasteiger partial charge on any atom is -0.491 e. The maximum absolute atomic E-state index is 14.1. The Hall–Kier alpha value is -4.77. The number of carbonyl (C=O) groups excluding carboxylic acids is 2. The lowest BCUT2D eigenvalue weighted by Crippen LogP contribution is -2.48. The number of benzene rings is 4. The molecule has 1 aliphatic rings. The van der Waals surface area contributed by atoms with Crippen LogP contribution in [0.25, 0.3) is 10.2 Å². The molecular formula is C37H38N4O5S. The lowest BCUT2D eigenvalue weighted by Gasteiger charge is -2.31. The second-order valence-corrected chi connectivity index (χ2v) is 12.3. The number of hydrogen-bond acceptors (Lipinski definition) is 8. The smallest absolute Gasteiger partial charge is 0.407 e. The molecule has 1 aromatic heterocycles. The zero-order valence-corrected chi connectivity index (χ0v) is 27.0. The summed E-state index contributed by atoms with van der Waals surface area (Å²) in [6.07, 6.45) is 0.663. The number of alkyl carbamates (subject to hydrolysis) is 1. The predicted molar refractivity (Wildman–Crippen MR) is 184 cm³/mol. The number of ether oxygens (including phenoxy) is 3. The van der Waals surface area contributed by atoms with Gasteiger partial charge in [0.2, 0.25) is 5.91 Å². The highest BCUT2D eigenvalue weighted by Crippen LogP contribution is 2.30. The van der Waals surface area contributed by atoms with E-state index >= 15 is 0 Å². The summed E-state index contributed by atoms with van der Waals surface area (Å²) in [5, 5.41) is 9.40. The van der Waals surface area contributed by atoms with Crippen LogP contribution in [0.2, 0.25) is 0 Å². The van der Waals surface area contributed by atoms with Crippen LogP contribution in [0.5, 0.6) is 5.75 Å². The molecule has 47 heavy (non-hydrogen) atoms. The van der Waals surface area contributed by atoms with Gasteiger partial charge < -0.3 is 30.2 Å². The Bertz CT molecular complexity index is 1730. The number of methoxy groups -OCH3 is 1. The second kappa shape index (κ2) is 15.7. The van der Waals surface area contributed by atoms with E-state index in [9.17, 15) is 9.59 Å². The molecule has 0 radical (unpaired) electrons. The lowest BCUT2D eigenvalue weighted by atomic mass is 9.84. The van der Waals surface area contributed by atoms with E-state index in [1.165, 1.54) is 7.11 Å². The number of para-hydroxylation sites is 1. The molecule has 1 fully saturated rings. The number of thiazole rings is 1. The van der Waals surface area contributed by atoms with Gasteiger partial charge in [-0.15, -0.1) is 11.3 Å². The summed E-state index contributed by atoms with van der Waals surface area (Å²) >= 11 is 1.59. The third kappa shape index (κ3) is 8.34. The fraction of sp³-hybridized carbons (Fsp3) is 0.270. The molecule has 0 spiro atoms. The Labute approximate surface area is 278 Å². The molecule has 5 aromatic rings. The number of nitrogens with one attached hydrogen (secondary N) is 3. The lowest BCUT2D eigenvalue weighted by molar-refractivity contribution is -0.118. The van der Waals surface area contributed by atoms with Crippen LogP contribution in [-0.2, 0) is 20.7 Å². The van der Waals surface area contributed by atoms with Crippen LogP contribution in [0.3, 0.4) is 0 Å². The number of aromatic nitrogens is 1. The van der Waals surface area contributed by atoms with Gasteiger partial charge in [-0.3, -0.25) is 4.79 Å². The quantitative estimate of drug-likeness (QED) is 0.148. The number of morpholine rings is 1. The molecule has 6 rings (SSSR count). The maximum Gasteiger partial charge on any atom is 0.407 e. The number of fused-ring (bicyclic) bond motifs is 1. The van der Waals surface area contributed by atoms with Gasteiger partial charge in [-0.05, 0) is 53.8 Å². The summed E-state index contributed by atoms with van der Waals surface area (Å²) in [6, 6.07) is 32.1.